The molecule has 1 saturated heterocycles. The molecule has 2 aromatic rings. The Morgan fingerprint density at radius 1 is 1.04 bits per heavy atom. The van der Waals surface area contributed by atoms with E-state index in [1.807, 2.05) is 12.3 Å². The second-order valence-electron chi connectivity index (χ2n) is 7.90. The summed E-state index contributed by atoms with van der Waals surface area (Å²) in [5.74, 6) is 1.55. The maximum atomic E-state index is 6.20. The Balaban J connectivity index is 1.42. The maximum absolute atomic E-state index is 6.20. The highest BCUT2D eigenvalue weighted by Gasteiger charge is 2.13. The van der Waals surface area contributed by atoms with E-state index in [0.717, 1.165) is 43.0 Å². The summed E-state index contributed by atoms with van der Waals surface area (Å²) >= 11 is 0. The van der Waals surface area contributed by atoms with E-state index in [4.69, 9.17) is 5.73 Å². The number of aryl methyl sites for hydroxylation is 1. The fourth-order valence-corrected chi connectivity index (χ4v) is 4.28. The Hall–Kier alpha value is -2.56. The summed E-state index contributed by atoms with van der Waals surface area (Å²) < 4.78 is 0. The minimum Gasteiger partial charge on any atom is -0.370 e. The van der Waals surface area contributed by atoms with Gasteiger partial charge in [-0.05, 0) is 73.4 Å². The summed E-state index contributed by atoms with van der Waals surface area (Å²) in [6, 6.07) is 10.6. The molecule has 5 heteroatoms. The van der Waals surface area contributed by atoms with Gasteiger partial charge in [-0.25, -0.2) is 9.98 Å². The molecule has 0 bridgehead atoms. The first-order valence-electron chi connectivity index (χ1n) is 10.7. The molecule has 2 aliphatic rings. The van der Waals surface area contributed by atoms with Crippen LogP contribution in [0.15, 0.2) is 41.5 Å². The maximum Gasteiger partial charge on any atom is 0.193 e. The van der Waals surface area contributed by atoms with Crippen molar-refractivity contribution in [3.63, 3.8) is 0 Å². The minimum atomic E-state index is 0.479. The summed E-state index contributed by atoms with van der Waals surface area (Å²) in [7, 11) is 0. The Kier molecular flexibility index (Phi) is 6.10. The molecule has 5 nitrogen and oxygen atoms in total. The molecule has 0 unspecified atom stereocenters. The minimum absolute atomic E-state index is 0.479. The fraction of sp³-hybridized carbons (Fsp3) is 0.478. The van der Waals surface area contributed by atoms with Crippen molar-refractivity contribution in [3.05, 3.63) is 53.2 Å². The van der Waals surface area contributed by atoms with Crippen LogP contribution in [0.3, 0.4) is 0 Å². The summed E-state index contributed by atoms with van der Waals surface area (Å²) in [6.45, 7) is 2.77. The molecular formula is C23H31N5. The van der Waals surface area contributed by atoms with E-state index < -0.39 is 0 Å². The van der Waals surface area contributed by atoms with Gasteiger partial charge in [0.2, 0.25) is 0 Å². The molecule has 4 rings (SSSR count). The predicted octanol–water partition coefficient (Wildman–Crippen LogP) is 4.27. The van der Waals surface area contributed by atoms with Crippen molar-refractivity contribution in [1.82, 2.24) is 4.98 Å². The van der Waals surface area contributed by atoms with Crippen molar-refractivity contribution >= 4 is 17.5 Å². The van der Waals surface area contributed by atoms with Crippen LogP contribution >= 0.6 is 0 Å². The molecule has 0 saturated carbocycles. The summed E-state index contributed by atoms with van der Waals surface area (Å²) in [4.78, 5) is 11.6. The monoisotopic (exact) mass is 377 g/mol. The van der Waals surface area contributed by atoms with Crippen LogP contribution in [0.2, 0.25) is 0 Å². The van der Waals surface area contributed by atoms with Gasteiger partial charge in [-0.3, -0.25) is 0 Å². The van der Waals surface area contributed by atoms with Gasteiger partial charge in [-0.1, -0.05) is 25.0 Å². The van der Waals surface area contributed by atoms with Gasteiger partial charge in [0.05, 0.1) is 6.54 Å². The van der Waals surface area contributed by atoms with E-state index in [-0.39, 0.29) is 0 Å². The van der Waals surface area contributed by atoms with E-state index in [9.17, 15) is 0 Å². The van der Waals surface area contributed by atoms with Gasteiger partial charge in [0.1, 0.15) is 5.82 Å². The highest BCUT2D eigenvalue weighted by atomic mass is 15.2. The van der Waals surface area contributed by atoms with Gasteiger partial charge in [-0.15, -0.1) is 0 Å². The van der Waals surface area contributed by atoms with Crippen molar-refractivity contribution in [3.8, 4) is 0 Å². The van der Waals surface area contributed by atoms with Crippen molar-refractivity contribution in [2.24, 2.45) is 10.7 Å². The molecule has 0 atom stereocenters. The zero-order valence-electron chi connectivity index (χ0n) is 16.7. The average molecular weight is 378 g/mol. The van der Waals surface area contributed by atoms with Crippen molar-refractivity contribution in [1.29, 1.82) is 0 Å². The molecule has 148 valence electrons. The zero-order valence-corrected chi connectivity index (χ0v) is 16.7. The normalized spacial score (nSPS) is 17.7. The first-order valence-corrected chi connectivity index (χ1v) is 10.7. The zero-order chi connectivity index (χ0) is 19.2. The van der Waals surface area contributed by atoms with E-state index in [2.05, 4.69) is 44.5 Å². The molecule has 1 aliphatic heterocycles. The lowest BCUT2D eigenvalue weighted by molar-refractivity contribution is 0.687. The molecule has 28 heavy (non-hydrogen) atoms. The summed E-state index contributed by atoms with van der Waals surface area (Å²) in [6.07, 6.45) is 11.9. The van der Waals surface area contributed by atoms with Gasteiger partial charge >= 0.3 is 0 Å². The van der Waals surface area contributed by atoms with Crippen LogP contribution in [0, 0.1) is 0 Å². The van der Waals surface area contributed by atoms with Crippen LogP contribution in [-0.2, 0) is 19.4 Å². The van der Waals surface area contributed by atoms with Crippen LogP contribution in [0.5, 0.6) is 0 Å². The van der Waals surface area contributed by atoms with Crippen molar-refractivity contribution < 1.29 is 0 Å². The number of guanidine groups is 1. The van der Waals surface area contributed by atoms with Crippen LogP contribution in [0.4, 0.5) is 11.5 Å². The van der Waals surface area contributed by atoms with Gasteiger partial charge < -0.3 is 16.0 Å². The van der Waals surface area contributed by atoms with Crippen LogP contribution in [-0.4, -0.2) is 24.0 Å². The number of pyridine rings is 1. The predicted molar refractivity (Wildman–Crippen MR) is 117 cm³/mol. The quantitative estimate of drug-likeness (QED) is 0.617. The number of benzene rings is 1. The molecule has 1 fully saturated rings. The van der Waals surface area contributed by atoms with Crippen LogP contribution in [0.1, 0.15) is 55.2 Å². The third-order valence-corrected chi connectivity index (χ3v) is 5.83. The largest absolute Gasteiger partial charge is 0.370 e. The molecule has 1 aliphatic carbocycles. The second-order valence-corrected chi connectivity index (χ2v) is 7.90. The number of hydrogen-bond acceptors (Lipinski definition) is 3. The SMILES string of the molecule is NC(=NCc1ccnc(N2CCCCCC2)c1)Nc1cccc2c1CCCC2. The fourth-order valence-electron chi connectivity index (χ4n) is 4.28. The Morgan fingerprint density at radius 2 is 1.86 bits per heavy atom. The van der Waals surface area contributed by atoms with E-state index in [1.54, 1.807) is 0 Å². The van der Waals surface area contributed by atoms with Gasteiger partial charge in [0, 0.05) is 25.0 Å². The Morgan fingerprint density at radius 3 is 2.71 bits per heavy atom. The third kappa shape index (κ3) is 4.64. The van der Waals surface area contributed by atoms with Crippen molar-refractivity contribution in [2.75, 3.05) is 23.3 Å². The molecule has 2 heterocycles. The number of nitrogens with two attached hydrogens (primary N) is 1. The number of anilines is 2. The topological polar surface area (TPSA) is 66.5 Å². The van der Waals surface area contributed by atoms with E-state index in [0.29, 0.717) is 12.5 Å². The molecule has 1 aromatic heterocycles. The summed E-state index contributed by atoms with van der Waals surface area (Å²) in [5.41, 5.74) is 11.3. The van der Waals surface area contributed by atoms with E-state index >= 15 is 0 Å². The van der Waals surface area contributed by atoms with Crippen molar-refractivity contribution in [2.45, 2.75) is 57.9 Å². The smallest absolute Gasteiger partial charge is 0.193 e. The lowest BCUT2D eigenvalue weighted by Gasteiger charge is -2.21. The first-order chi connectivity index (χ1) is 13.8. The molecule has 0 spiro atoms. The van der Waals surface area contributed by atoms with E-state index in [1.165, 1.54) is 49.7 Å². The summed E-state index contributed by atoms with van der Waals surface area (Å²) in [5, 5.41) is 3.33. The molecule has 1 aromatic carbocycles. The number of aliphatic imine (C=N–C) groups is 1. The lowest BCUT2D eigenvalue weighted by Crippen LogP contribution is -2.25. The Labute approximate surface area is 168 Å². The third-order valence-electron chi connectivity index (χ3n) is 5.83. The second kappa shape index (κ2) is 9.09. The highest BCUT2D eigenvalue weighted by Crippen LogP contribution is 2.27. The molecule has 0 amide bonds. The first kappa shape index (κ1) is 18.8. The molecule has 3 N–H and O–H groups in total. The van der Waals surface area contributed by atoms with Crippen LogP contribution < -0.4 is 16.0 Å². The highest BCUT2D eigenvalue weighted by molar-refractivity contribution is 5.93. The van der Waals surface area contributed by atoms with Gasteiger partial charge in [0.15, 0.2) is 5.96 Å². The lowest BCUT2D eigenvalue weighted by atomic mass is 9.90. The number of rotatable bonds is 4. The number of hydrogen-bond donors (Lipinski definition) is 2. The van der Waals surface area contributed by atoms with Gasteiger partial charge in [-0.2, -0.15) is 0 Å². The number of fused-ring (bicyclic) bond motifs is 1. The molecule has 0 radical (unpaired) electrons. The number of aromatic nitrogens is 1. The van der Waals surface area contributed by atoms with Crippen LogP contribution in [0.25, 0.3) is 0 Å². The Bertz CT molecular complexity index is 821. The number of nitrogens with zero attached hydrogens (tertiary/aromatic N) is 3. The van der Waals surface area contributed by atoms with Gasteiger partial charge in [0.25, 0.3) is 0 Å². The number of nitrogens with one attached hydrogen (secondary N) is 1. The standard InChI is InChI=1S/C23H31N5/c24-23(27-21-11-7-9-19-8-3-4-10-20(19)21)26-17-18-12-13-25-22(16-18)28-14-5-1-2-6-15-28/h7,9,11-13,16H,1-6,8,10,14-15,17H2,(H3,24,26,27). The average Bonchev–Trinajstić information content (AvgIpc) is 3.02. The molecular weight excluding hydrogens is 346 g/mol.